The van der Waals surface area contributed by atoms with Crippen LogP contribution in [-0.2, 0) is 4.79 Å². The summed E-state index contributed by atoms with van der Waals surface area (Å²) < 4.78 is 0. The van der Waals surface area contributed by atoms with Gasteiger partial charge in [0.1, 0.15) is 5.78 Å². The Morgan fingerprint density at radius 3 is 2.50 bits per heavy atom. The lowest BCUT2D eigenvalue weighted by Gasteiger charge is -2.58. The highest BCUT2D eigenvalue weighted by Crippen LogP contribution is 2.67. The maximum absolute atomic E-state index is 12.2. The average Bonchev–Trinajstić information content (AvgIpc) is 2.87. The molecule has 3 unspecified atom stereocenters. The SMILES string of the molecule is CC(=O)[C@H]1CCC2C3CC(O)=C4C[C@@H](O)CC[C@]4(C)C3CC[C@@]21C. The third-order valence-corrected chi connectivity index (χ3v) is 8.65. The highest BCUT2D eigenvalue weighted by Gasteiger charge is 2.60. The molecule has 0 aromatic carbocycles. The number of carbonyl (C=O) groups excluding carboxylic acids is 1. The van der Waals surface area contributed by atoms with Crippen LogP contribution in [0.15, 0.2) is 11.3 Å². The van der Waals surface area contributed by atoms with Crippen LogP contribution < -0.4 is 0 Å². The number of aliphatic hydroxyl groups is 2. The second kappa shape index (κ2) is 5.33. The molecule has 0 spiro atoms. The molecule has 4 aliphatic rings. The van der Waals surface area contributed by atoms with Gasteiger partial charge in [0.05, 0.1) is 11.9 Å². The van der Waals surface area contributed by atoms with Crippen LogP contribution in [0.3, 0.4) is 0 Å². The fraction of sp³-hybridized carbons (Fsp3) is 0.857. The Bertz CT molecular complexity index is 594. The minimum absolute atomic E-state index is 0.0574. The van der Waals surface area contributed by atoms with Crippen molar-refractivity contribution in [1.82, 2.24) is 0 Å². The molecule has 0 heterocycles. The first-order valence-corrected chi connectivity index (χ1v) is 9.87. The van der Waals surface area contributed by atoms with E-state index in [4.69, 9.17) is 0 Å². The van der Waals surface area contributed by atoms with Crippen LogP contribution in [-0.4, -0.2) is 22.1 Å². The molecule has 0 aromatic rings. The average molecular weight is 332 g/mol. The number of ketones is 1. The van der Waals surface area contributed by atoms with Gasteiger partial charge < -0.3 is 10.2 Å². The van der Waals surface area contributed by atoms with Gasteiger partial charge in [-0.2, -0.15) is 0 Å². The van der Waals surface area contributed by atoms with E-state index in [1.54, 1.807) is 6.92 Å². The van der Waals surface area contributed by atoms with Crippen molar-refractivity contribution in [2.24, 2.45) is 34.5 Å². The smallest absolute Gasteiger partial charge is 0.133 e. The minimum atomic E-state index is -0.283. The summed E-state index contributed by atoms with van der Waals surface area (Å²) >= 11 is 0. The molecule has 3 nitrogen and oxygen atoms in total. The highest BCUT2D eigenvalue weighted by atomic mass is 16.3. The van der Waals surface area contributed by atoms with Crippen molar-refractivity contribution in [3.63, 3.8) is 0 Å². The third kappa shape index (κ3) is 2.09. The first-order valence-electron chi connectivity index (χ1n) is 9.87. The first-order chi connectivity index (χ1) is 11.3. The van der Waals surface area contributed by atoms with E-state index in [2.05, 4.69) is 13.8 Å². The molecule has 24 heavy (non-hydrogen) atoms. The number of hydrogen-bond acceptors (Lipinski definition) is 3. The molecule has 0 saturated heterocycles. The van der Waals surface area contributed by atoms with E-state index in [9.17, 15) is 15.0 Å². The maximum atomic E-state index is 12.2. The summed E-state index contributed by atoms with van der Waals surface area (Å²) in [5.74, 6) is 2.83. The van der Waals surface area contributed by atoms with Crippen molar-refractivity contribution < 1.29 is 15.0 Å². The number of aliphatic hydroxyl groups excluding tert-OH is 2. The number of fused-ring (bicyclic) bond motifs is 5. The zero-order valence-corrected chi connectivity index (χ0v) is 15.3. The number of allylic oxidation sites excluding steroid dienone is 1. The summed E-state index contributed by atoms with van der Waals surface area (Å²) in [4.78, 5) is 12.2. The van der Waals surface area contributed by atoms with Gasteiger partial charge in [-0.1, -0.05) is 13.8 Å². The van der Waals surface area contributed by atoms with E-state index in [1.807, 2.05) is 0 Å². The summed E-state index contributed by atoms with van der Waals surface area (Å²) in [6.45, 7) is 6.45. The normalized spacial score (nSPS) is 50.9. The summed E-state index contributed by atoms with van der Waals surface area (Å²) in [7, 11) is 0. The summed E-state index contributed by atoms with van der Waals surface area (Å²) in [5, 5.41) is 20.9. The summed E-state index contributed by atoms with van der Waals surface area (Å²) in [6.07, 6.45) is 7.49. The van der Waals surface area contributed by atoms with Crippen LogP contribution in [0.5, 0.6) is 0 Å². The standard InChI is InChI=1S/C21H32O3/c1-12(22)15-4-5-16-14-11-19(24)18-10-13(23)6-8-21(18,3)17(14)7-9-20(15,16)2/h13-17,23-24H,4-11H2,1-3H3/t13-,14?,15+,16?,17?,20+,21+/m0/s1. The second-order valence-corrected chi connectivity index (χ2v) is 9.61. The van der Waals surface area contributed by atoms with Crippen LogP contribution in [0.4, 0.5) is 0 Å². The molecule has 134 valence electrons. The van der Waals surface area contributed by atoms with Gasteiger partial charge in [0.2, 0.25) is 0 Å². The Balaban J connectivity index is 1.71. The molecule has 4 rings (SSSR count). The van der Waals surface area contributed by atoms with E-state index in [-0.39, 0.29) is 22.9 Å². The van der Waals surface area contributed by atoms with Gasteiger partial charge in [0.15, 0.2) is 0 Å². The molecule has 0 bridgehead atoms. The van der Waals surface area contributed by atoms with Gasteiger partial charge in [-0.3, -0.25) is 4.79 Å². The van der Waals surface area contributed by atoms with E-state index < -0.39 is 0 Å². The number of Topliss-reactive ketones (excluding diaryl/α,β-unsaturated/α-hetero) is 1. The molecule has 0 aliphatic heterocycles. The summed E-state index contributed by atoms with van der Waals surface area (Å²) in [5.41, 5.74) is 1.34. The van der Waals surface area contributed by atoms with Gasteiger partial charge >= 0.3 is 0 Å². The lowest BCUT2D eigenvalue weighted by Crippen LogP contribution is -2.51. The Hall–Kier alpha value is -0.830. The van der Waals surface area contributed by atoms with Crippen LogP contribution >= 0.6 is 0 Å². The van der Waals surface area contributed by atoms with E-state index in [1.165, 1.54) is 6.42 Å². The van der Waals surface area contributed by atoms with E-state index >= 15 is 0 Å². The fourth-order valence-corrected chi connectivity index (χ4v) is 7.42. The number of carbonyl (C=O) groups is 1. The van der Waals surface area contributed by atoms with Crippen molar-refractivity contribution in [3.8, 4) is 0 Å². The molecule has 0 aromatic heterocycles. The molecule has 7 atom stereocenters. The highest BCUT2D eigenvalue weighted by molar-refractivity contribution is 5.79. The van der Waals surface area contributed by atoms with Gasteiger partial charge in [0.25, 0.3) is 0 Å². The molecule has 0 amide bonds. The van der Waals surface area contributed by atoms with Crippen LogP contribution in [0.25, 0.3) is 0 Å². The molecule has 3 saturated carbocycles. The molecule has 0 radical (unpaired) electrons. The van der Waals surface area contributed by atoms with Crippen molar-refractivity contribution in [3.05, 3.63) is 11.3 Å². The van der Waals surface area contributed by atoms with Gasteiger partial charge in [-0.15, -0.1) is 0 Å². The predicted octanol–water partition coefficient (Wildman–Crippen LogP) is 4.40. The predicted molar refractivity (Wildman–Crippen MR) is 93.5 cm³/mol. The molecule has 2 N–H and O–H groups in total. The Morgan fingerprint density at radius 1 is 1.04 bits per heavy atom. The van der Waals surface area contributed by atoms with E-state index in [0.29, 0.717) is 35.7 Å². The van der Waals surface area contributed by atoms with E-state index in [0.717, 1.165) is 44.1 Å². The van der Waals surface area contributed by atoms with Crippen LogP contribution in [0.2, 0.25) is 0 Å². The minimum Gasteiger partial charge on any atom is -0.512 e. The lowest BCUT2D eigenvalue weighted by atomic mass is 9.47. The monoisotopic (exact) mass is 332 g/mol. The molecule has 4 aliphatic carbocycles. The Kier molecular flexibility index (Phi) is 3.69. The van der Waals surface area contributed by atoms with Crippen molar-refractivity contribution in [2.75, 3.05) is 0 Å². The zero-order chi connectivity index (χ0) is 17.3. The molecule has 3 heteroatoms. The number of rotatable bonds is 1. The third-order valence-electron chi connectivity index (χ3n) is 8.65. The fourth-order valence-electron chi connectivity index (χ4n) is 7.42. The van der Waals surface area contributed by atoms with Gasteiger partial charge in [-0.05, 0) is 86.0 Å². The Labute approximate surface area is 145 Å². The van der Waals surface area contributed by atoms with Crippen LogP contribution in [0, 0.1) is 34.5 Å². The van der Waals surface area contributed by atoms with Crippen LogP contribution in [0.1, 0.15) is 72.1 Å². The van der Waals surface area contributed by atoms with Crippen molar-refractivity contribution in [2.45, 2.75) is 78.2 Å². The Morgan fingerprint density at radius 2 is 1.79 bits per heavy atom. The lowest BCUT2D eigenvalue weighted by molar-refractivity contribution is -0.127. The van der Waals surface area contributed by atoms with Gasteiger partial charge in [-0.25, -0.2) is 0 Å². The maximum Gasteiger partial charge on any atom is 0.133 e. The zero-order valence-electron chi connectivity index (χ0n) is 15.3. The van der Waals surface area contributed by atoms with Crippen molar-refractivity contribution in [1.29, 1.82) is 0 Å². The van der Waals surface area contributed by atoms with Gasteiger partial charge in [0, 0.05) is 12.3 Å². The number of hydrogen-bond donors (Lipinski definition) is 2. The largest absolute Gasteiger partial charge is 0.512 e. The van der Waals surface area contributed by atoms with Crippen molar-refractivity contribution >= 4 is 5.78 Å². The second-order valence-electron chi connectivity index (χ2n) is 9.61. The quantitative estimate of drug-likeness (QED) is 0.748. The molecular weight excluding hydrogens is 300 g/mol. The molecule has 3 fully saturated rings. The first kappa shape index (κ1) is 16.6. The topological polar surface area (TPSA) is 57.5 Å². The summed E-state index contributed by atoms with van der Waals surface area (Å²) in [6, 6.07) is 0. The molecular formula is C21H32O3.